The van der Waals surface area contributed by atoms with Crippen molar-refractivity contribution in [2.75, 3.05) is 45.9 Å². The van der Waals surface area contributed by atoms with Gasteiger partial charge in [0.2, 0.25) is 0 Å². The Morgan fingerprint density at radius 1 is 1.25 bits per heavy atom. The molecule has 0 aromatic heterocycles. The van der Waals surface area contributed by atoms with Gasteiger partial charge in [0.15, 0.2) is 0 Å². The van der Waals surface area contributed by atoms with E-state index in [-0.39, 0.29) is 6.04 Å². The first-order valence-electron chi connectivity index (χ1n) is 5.68. The Morgan fingerprint density at radius 3 is 2.56 bits per heavy atom. The van der Waals surface area contributed by atoms with Gasteiger partial charge < -0.3 is 10.1 Å². The fourth-order valence-electron chi connectivity index (χ4n) is 2.09. The Bertz CT molecular complexity index is 327. The van der Waals surface area contributed by atoms with Crippen molar-refractivity contribution >= 4 is 10.2 Å². The van der Waals surface area contributed by atoms with Crippen molar-refractivity contribution in [3.05, 3.63) is 0 Å². The Labute approximate surface area is 96.7 Å². The molecule has 0 aliphatic carbocycles. The van der Waals surface area contributed by atoms with Gasteiger partial charge in [-0.2, -0.15) is 17.0 Å². The number of hydrogen-bond acceptors (Lipinski definition) is 4. The van der Waals surface area contributed by atoms with Crippen molar-refractivity contribution in [2.24, 2.45) is 0 Å². The van der Waals surface area contributed by atoms with Crippen LogP contribution in [0.25, 0.3) is 0 Å². The lowest BCUT2D eigenvalue weighted by Gasteiger charge is -2.37. The fourth-order valence-corrected chi connectivity index (χ4v) is 3.85. The summed E-state index contributed by atoms with van der Waals surface area (Å²) in [5, 5.41) is 3.19. The van der Waals surface area contributed by atoms with Crippen molar-refractivity contribution in [1.82, 2.24) is 13.9 Å². The molecule has 7 heteroatoms. The van der Waals surface area contributed by atoms with E-state index >= 15 is 0 Å². The molecule has 6 nitrogen and oxygen atoms in total. The summed E-state index contributed by atoms with van der Waals surface area (Å²) in [5.41, 5.74) is 0. The van der Waals surface area contributed by atoms with Crippen LogP contribution in [0.3, 0.4) is 0 Å². The lowest BCUT2D eigenvalue weighted by molar-refractivity contribution is 0.0688. The van der Waals surface area contributed by atoms with E-state index in [9.17, 15) is 8.42 Å². The van der Waals surface area contributed by atoms with Crippen LogP contribution in [-0.4, -0.2) is 69.0 Å². The number of morpholine rings is 1. The SMILES string of the molecule is C[C@@H]1CNCCN1S(=O)(=O)N1CCOCC1. The minimum atomic E-state index is -3.29. The van der Waals surface area contributed by atoms with Gasteiger partial charge in [0.25, 0.3) is 10.2 Å². The summed E-state index contributed by atoms with van der Waals surface area (Å²) in [7, 11) is -3.29. The molecule has 2 aliphatic heterocycles. The molecule has 0 radical (unpaired) electrons. The molecule has 1 N–H and O–H groups in total. The van der Waals surface area contributed by atoms with Crippen LogP contribution in [0.2, 0.25) is 0 Å². The van der Waals surface area contributed by atoms with Crippen molar-refractivity contribution in [3.8, 4) is 0 Å². The zero-order chi connectivity index (χ0) is 11.6. The first-order valence-corrected chi connectivity index (χ1v) is 7.07. The summed E-state index contributed by atoms with van der Waals surface area (Å²) in [4.78, 5) is 0. The molecular formula is C9H19N3O3S. The number of piperazine rings is 1. The van der Waals surface area contributed by atoms with Crippen LogP contribution in [0.15, 0.2) is 0 Å². The van der Waals surface area contributed by atoms with Gasteiger partial charge in [-0.1, -0.05) is 0 Å². The molecular weight excluding hydrogens is 230 g/mol. The summed E-state index contributed by atoms with van der Waals surface area (Å²) in [6.45, 7) is 5.89. The zero-order valence-corrected chi connectivity index (χ0v) is 10.4. The molecule has 2 rings (SSSR count). The molecule has 0 bridgehead atoms. The zero-order valence-electron chi connectivity index (χ0n) is 9.55. The third-order valence-electron chi connectivity index (χ3n) is 3.03. The first kappa shape index (κ1) is 12.3. The minimum absolute atomic E-state index is 0.0293. The van der Waals surface area contributed by atoms with E-state index in [1.54, 1.807) is 4.31 Å². The average molecular weight is 249 g/mol. The molecule has 0 saturated carbocycles. The highest BCUT2D eigenvalue weighted by molar-refractivity contribution is 7.86. The highest BCUT2D eigenvalue weighted by atomic mass is 32.2. The van der Waals surface area contributed by atoms with Crippen molar-refractivity contribution in [1.29, 1.82) is 0 Å². The molecule has 2 aliphatic rings. The van der Waals surface area contributed by atoms with E-state index in [4.69, 9.17) is 4.74 Å². The molecule has 94 valence electrons. The molecule has 0 aromatic rings. The summed E-state index contributed by atoms with van der Waals surface area (Å²) in [6, 6.07) is 0.0293. The highest BCUT2D eigenvalue weighted by Crippen LogP contribution is 2.15. The van der Waals surface area contributed by atoms with Crippen molar-refractivity contribution < 1.29 is 13.2 Å². The van der Waals surface area contributed by atoms with Crippen LogP contribution in [-0.2, 0) is 14.9 Å². The van der Waals surface area contributed by atoms with E-state index in [1.807, 2.05) is 6.92 Å². The topological polar surface area (TPSA) is 61.9 Å². The standard InChI is InChI=1S/C9H19N3O3S/c1-9-8-10-2-3-12(9)16(13,14)11-4-6-15-7-5-11/h9-10H,2-8H2,1H3/t9-/m1/s1. The fraction of sp³-hybridized carbons (Fsp3) is 1.00. The predicted octanol–water partition coefficient (Wildman–Crippen LogP) is -1.14. The number of nitrogens with zero attached hydrogens (tertiary/aromatic N) is 2. The maximum Gasteiger partial charge on any atom is 0.282 e. The largest absolute Gasteiger partial charge is 0.379 e. The van der Waals surface area contributed by atoms with Gasteiger partial charge >= 0.3 is 0 Å². The highest BCUT2D eigenvalue weighted by Gasteiger charge is 2.35. The second kappa shape index (κ2) is 4.97. The van der Waals surface area contributed by atoms with Gasteiger partial charge in [0.1, 0.15) is 0 Å². The molecule has 0 unspecified atom stereocenters. The maximum absolute atomic E-state index is 12.3. The third-order valence-corrected chi connectivity index (χ3v) is 5.19. The molecule has 2 saturated heterocycles. The van der Waals surface area contributed by atoms with Gasteiger partial charge in [-0.3, -0.25) is 0 Å². The van der Waals surface area contributed by atoms with E-state index in [1.165, 1.54) is 4.31 Å². The van der Waals surface area contributed by atoms with E-state index in [2.05, 4.69) is 5.32 Å². The number of ether oxygens (including phenoxy) is 1. The lowest BCUT2D eigenvalue weighted by Crippen LogP contribution is -2.57. The summed E-state index contributed by atoms with van der Waals surface area (Å²) < 4.78 is 32.9. The maximum atomic E-state index is 12.3. The molecule has 2 fully saturated rings. The van der Waals surface area contributed by atoms with Gasteiger partial charge in [0, 0.05) is 38.8 Å². The van der Waals surface area contributed by atoms with Crippen LogP contribution in [0, 0.1) is 0 Å². The number of nitrogens with one attached hydrogen (secondary N) is 1. The molecule has 2 heterocycles. The number of hydrogen-bond donors (Lipinski definition) is 1. The second-order valence-corrected chi connectivity index (χ2v) is 6.06. The average Bonchev–Trinajstić information content (AvgIpc) is 2.30. The molecule has 0 spiro atoms. The third kappa shape index (κ3) is 2.38. The monoisotopic (exact) mass is 249 g/mol. The van der Waals surface area contributed by atoms with Crippen LogP contribution in [0.5, 0.6) is 0 Å². The Hall–Kier alpha value is -0.210. The van der Waals surface area contributed by atoms with Gasteiger partial charge in [0.05, 0.1) is 13.2 Å². The summed E-state index contributed by atoms with van der Waals surface area (Å²) >= 11 is 0. The van der Waals surface area contributed by atoms with Crippen LogP contribution < -0.4 is 5.32 Å². The molecule has 0 amide bonds. The second-order valence-electron chi connectivity index (χ2n) is 4.18. The van der Waals surface area contributed by atoms with Crippen molar-refractivity contribution in [2.45, 2.75) is 13.0 Å². The van der Waals surface area contributed by atoms with Gasteiger partial charge in [-0.05, 0) is 6.92 Å². The quantitative estimate of drug-likeness (QED) is 0.672. The van der Waals surface area contributed by atoms with Crippen LogP contribution >= 0.6 is 0 Å². The van der Waals surface area contributed by atoms with Crippen LogP contribution in [0.1, 0.15) is 6.92 Å². The van der Waals surface area contributed by atoms with Gasteiger partial charge in [-0.25, -0.2) is 0 Å². The lowest BCUT2D eigenvalue weighted by atomic mass is 10.3. The van der Waals surface area contributed by atoms with E-state index < -0.39 is 10.2 Å². The first-order chi connectivity index (χ1) is 7.62. The predicted molar refractivity (Wildman–Crippen MR) is 60.3 cm³/mol. The Balaban J connectivity index is 2.10. The summed E-state index contributed by atoms with van der Waals surface area (Å²) in [5.74, 6) is 0. The molecule has 16 heavy (non-hydrogen) atoms. The van der Waals surface area contributed by atoms with Crippen molar-refractivity contribution in [3.63, 3.8) is 0 Å². The molecule has 0 aromatic carbocycles. The smallest absolute Gasteiger partial charge is 0.282 e. The normalized spacial score (nSPS) is 30.4. The minimum Gasteiger partial charge on any atom is -0.379 e. The molecule has 1 atom stereocenters. The van der Waals surface area contributed by atoms with E-state index in [0.717, 1.165) is 13.1 Å². The van der Waals surface area contributed by atoms with Crippen LogP contribution in [0.4, 0.5) is 0 Å². The van der Waals surface area contributed by atoms with E-state index in [0.29, 0.717) is 32.8 Å². The van der Waals surface area contributed by atoms with Gasteiger partial charge in [-0.15, -0.1) is 0 Å². The Morgan fingerprint density at radius 2 is 1.94 bits per heavy atom. The number of rotatable bonds is 2. The Kier molecular flexibility index (Phi) is 3.81. The summed E-state index contributed by atoms with van der Waals surface area (Å²) in [6.07, 6.45) is 0.